The first-order valence-corrected chi connectivity index (χ1v) is 8.23. The Morgan fingerprint density at radius 1 is 1.25 bits per heavy atom. The molecule has 1 aromatic carbocycles. The van der Waals surface area contributed by atoms with E-state index < -0.39 is 18.0 Å². The first kappa shape index (κ1) is 19.5. The summed E-state index contributed by atoms with van der Waals surface area (Å²) in [6.45, 7) is 2.44. The van der Waals surface area contributed by atoms with Crippen LogP contribution in [0.2, 0.25) is 0 Å². The summed E-state index contributed by atoms with van der Waals surface area (Å²) in [5.41, 5.74) is 0.894. The molecule has 6 nitrogen and oxygen atoms in total. The maximum absolute atomic E-state index is 12.3. The lowest BCUT2D eigenvalue weighted by molar-refractivity contribution is -0.129. The van der Waals surface area contributed by atoms with Crippen LogP contribution in [0, 0.1) is 11.5 Å². The van der Waals surface area contributed by atoms with Crippen molar-refractivity contribution in [2.75, 3.05) is 13.7 Å². The number of hydrogen-bond donors (Lipinski definition) is 1. The van der Waals surface area contributed by atoms with Gasteiger partial charge in [-0.1, -0.05) is 56.5 Å². The van der Waals surface area contributed by atoms with Gasteiger partial charge in [-0.05, 0) is 12.0 Å². The molecule has 130 valence electrons. The molecule has 0 aliphatic rings. The smallest absolute Gasteiger partial charge is 0.407 e. The van der Waals surface area contributed by atoms with Gasteiger partial charge in [0.1, 0.15) is 6.04 Å². The summed E-state index contributed by atoms with van der Waals surface area (Å²) in [6.07, 6.45) is 5.46. The monoisotopic (exact) mass is 331 g/mol. The molecular formula is C18H25N3O3. The van der Waals surface area contributed by atoms with E-state index in [0.717, 1.165) is 36.1 Å². The van der Waals surface area contributed by atoms with Gasteiger partial charge in [0.15, 0.2) is 6.19 Å². The number of unbranched alkanes of at least 4 members (excludes halogenated alkanes) is 3. The average molecular weight is 331 g/mol. The van der Waals surface area contributed by atoms with E-state index in [2.05, 4.69) is 12.2 Å². The van der Waals surface area contributed by atoms with Gasteiger partial charge >= 0.3 is 6.09 Å². The first-order chi connectivity index (χ1) is 11.6. The van der Waals surface area contributed by atoms with Gasteiger partial charge in [0.2, 0.25) is 0 Å². The minimum Gasteiger partial charge on any atom is -0.450 e. The number of benzene rings is 1. The van der Waals surface area contributed by atoms with Crippen LogP contribution in [0.25, 0.3) is 0 Å². The number of alkyl carbamates (subject to hydrolysis) is 1. The Morgan fingerprint density at radius 2 is 1.96 bits per heavy atom. The zero-order valence-electron chi connectivity index (χ0n) is 14.3. The second-order valence-corrected chi connectivity index (χ2v) is 5.58. The Kier molecular flexibility index (Phi) is 8.98. The minimum absolute atomic E-state index is 0.302. The molecule has 0 spiro atoms. The molecule has 2 amide bonds. The van der Waals surface area contributed by atoms with Crippen molar-refractivity contribution < 1.29 is 14.3 Å². The fourth-order valence-electron chi connectivity index (χ4n) is 2.21. The van der Waals surface area contributed by atoms with Gasteiger partial charge in [0.25, 0.3) is 5.91 Å². The van der Waals surface area contributed by atoms with Crippen LogP contribution >= 0.6 is 0 Å². The summed E-state index contributed by atoms with van der Waals surface area (Å²) in [5.74, 6) is -0.468. The van der Waals surface area contributed by atoms with Crippen LogP contribution in [0.15, 0.2) is 30.3 Å². The first-order valence-electron chi connectivity index (χ1n) is 8.23. The summed E-state index contributed by atoms with van der Waals surface area (Å²) >= 11 is 0. The van der Waals surface area contributed by atoms with Gasteiger partial charge in [-0.25, -0.2) is 4.79 Å². The van der Waals surface area contributed by atoms with Crippen LogP contribution in [-0.4, -0.2) is 36.6 Å². The largest absolute Gasteiger partial charge is 0.450 e. The highest BCUT2D eigenvalue weighted by atomic mass is 16.5. The molecule has 0 bridgehead atoms. The van der Waals surface area contributed by atoms with Gasteiger partial charge in [-0.15, -0.1) is 0 Å². The molecule has 0 fully saturated rings. The number of ether oxygens (including phenoxy) is 1. The summed E-state index contributed by atoms with van der Waals surface area (Å²) in [4.78, 5) is 25.1. The van der Waals surface area contributed by atoms with Crippen LogP contribution in [0.4, 0.5) is 4.79 Å². The van der Waals surface area contributed by atoms with Gasteiger partial charge < -0.3 is 10.1 Å². The van der Waals surface area contributed by atoms with Crippen molar-refractivity contribution in [3.8, 4) is 6.19 Å². The van der Waals surface area contributed by atoms with Crippen LogP contribution in [0.3, 0.4) is 0 Å². The molecule has 1 atom stereocenters. The fourth-order valence-corrected chi connectivity index (χ4v) is 2.21. The molecule has 1 aromatic rings. The Morgan fingerprint density at radius 3 is 2.58 bits per heavy atom. The predicted octanol–water partition coefficient (Wildman–Crippen LogP) is 2.84. The standard InChI is InChI=1S/C18H25N3O3/c1-3-4-5-9-12-24-18(23)20-16(17(22)21(2)14-19)13-15-10-7-6-8-11-15/h6-8,10-11,16H,3-5,9,12-13H2,1-2H3,(H,20,23). The van der Waals surface area contributed by atoms with Gasteiger partial charge in [0, 0.05) is 13.5 Å². The Balaban J connectivity index is 2.60. The minimum atomic E-state index is -0.833. The number of nitriles is 1. The van der Waals surface area contributed by atoms with E-state index in [4.69, 9.17) is 10.00 Å². The second-order valence-electron chi connectivity index (χ2n) is 5.58. The molecule has 24 heavy (non-hydrogen) atoms. The van der Waals surface area contributed by atoms with Gasteiger partial charge in [-0.2, -0.15) is 5.26 Å². The van der Waals surface area contributed by atoms with Crippen molar-refractivity contribution in [1.82, 2.24) is 10.2 Å². The zero-order valence-corrected chi connectivity index (χ0v) is 14.3. The van der Waals surface area contributed by atoms with E-state index in [-0.39, 0.29) is 0 Å². The van der Waals surface area contributed by atoms with Crippen LogP contribution in [0.1, 0.15) is 38.2 Å². The number of rotatable bonds is 9. The number of carbonyl (C=O) groups is 2. The van der Waals surface area contributed by atoms with Crippen LogP contribution in [0.5, 0.6) is 0 Å². The molecule has 1 unspecified atom stereocenters. The third-order valence-corrected chi connectivity index (χ3v) is 3.58. The summed E-state index contributed by atoms with van der Waals surface area (Å²) in [5, 5.41) is 11.5. The molecule has 1 rings (SSSR count). The lowest BCUT2D eigenvalue weighted by atomic mass is 10.1. The van der Waals surface area contributed by atoms with E-state index in [0.29, 0.717) is 13.0 Å². The van der Waals surface area contributed by atoms with Crippen molar-refractivity contribution in [1.29, 1.82) is 5.26 Å². The maximum Gasteiger partial charge on any atom is 0.407 e. The summed E-state index contributed by atoms with van der Waals surface area (Å²) in [7, 11) is 1.37. The number of nitrogens with one attached hydrogen (secondary N) is 1. The molecule has 0 saturated carbocycles. The van der Waals surface area contributed by atoms with Gasteiger partial charge in [-0.3, -0.25) is 9.69 Å². The van der Waals surface area contributed by atoms with E-state index in [1.807, 2.05) is 30.3 Å². The number of likely N-dealkylation sites (N-methyl/N-ethyl adjacent to an activating group) is 1. The van der Waals surface area contributed by atoms with Crippen molar-refractivity contribution in [2.45, 2.75) is 45.1 Å². The fraction of sp³-hybridized carbons (Fsp3) is 0.500. The summed E-state index contributed by atoms with van der Waals surface area (Å²) < 4.78 is 5.12. The lowest BCUT2D eigenvalue weighted by Crippen LogP contribution is -2.47. The third-order valence-electron chi connectivity index (χ3n) is 3.58. The number of nitrogens with zero attached hydrogens (tertiary/aromatic N) is 2. The van der Waals surface area contributed by atoms with E-state index in [1.165, 1.54) is 7.05 Å². The molecule has 0 aliphatic heterocycles. The molecule has 0 aliphatic carbocycles. The molecule has 0 aromatic heterocycles. The Hall–Kier alpha value is -2.55. The van der Waals surface area contributed by atoms with Crippen molar-refractivity contribution >= 4 is 12.0 Å². The highest BCUT2D eigenvalue weighted by molar-refractivity contribution is 5.86. The average Bonchev–Trinajstić information content (AvgIpc) is 2.60. The van der Waals surface area contributed by atoms with E-state index >= 15 is 0 Å². The number of hydrogen-bond acceptors (Lipinski definition) is 4. The third kappa shape index (κ3) is 7.14. The molecular weight excluding hydrogens is 306 g/mol. The van der Waals surface area contributed by atoms with Gasteiger partial charge in [0.05, 0.1) is 6.61 Å². The number of amides is 2. The zero-order chi connectivity index (χ0) is 17.8. The Labute approximate surface area is 143 Å². The summed E-state index contributed by atoms with van der Waals surface area (Å²) in [6, 6.07) is 8.49. The molecule has 0 heterocycles. The molecule has 0 radical (unpaired) electrons. The highest BCUT2D eigenvalue weighted by Crippen LogP contribution is 2.06. The van der Waals surface area contributed by atoms with Crippen molar-refractivity contribution in [3.63, 3.8) is 0 Å². The molecule has 1 N–H and O–H groups in total. The predicted molar refractivity (Wildman–Crippen MR) is 90.9 cm³/mol. The quantitative estimate of drug-likeness (QED) is 0.428. The van der Waals surface area contributed by atoms with Crippen LogP contribution in [-0.2, 0) is 16.0 Å². The molecule has 6 heteroatoms. The SMILES string of the molecule is CCCCCCOC(=O)NC(Cc1ccccc1)C(=O)N(C)C#N. The second kappa shape index (κ2) is 11.1. The van der Waals surface area contributed by atoms with Crippen molar-refractivity contribution in [3.05, 3.63) is 35.9 Å². The molecule has 0 saturated heterocycles. The number of carbonyl (C=O) groups excluding carboxylic acids is 2. The maximum atomic E-state index is 12.3. The topological polar surface area (TPSA) is 82.4 Å². The highest BCUT2D eigenvalue weighted by Gasteiger charge is 2.25. The lowest BCUT2D eigenvalue weighted by Gasteiger charge is -2.20. The Bertz CT molecular complexity index is 554. The normalized spacial score (nSPS) is 11.2. The van der Waals surface area contributed by atoms with Crippen LogP contribution < -0.4 is 5.32 Å². The van der Waals surface area contributed by atoms with Crippen molar-refractivity contribution in [2.24, 2.45) is 0 Å². The van der Waals surface area contributed by atoms with E-state index in [9.17, 15) is 9.59 Å². The van der Waals surface area contributed by atoms with E-state index in [1.54, 1.807) is 6.19 Å².